The number of piperidine rings is 2. The quantitative estimate of drug-likeness (QED) is 0.150. The van der Waals surface area contributed by atoms with Gasteiger partial charge in [-0.1, -0.05) is 74.5 Å². The SMILES string of the molecule is CC(C)[C@@]1(NC(=O)[C@@H]2C[C@@H]3c4cccc5[nH]cc(c45)C[C@H]3N(C)C2)O[C@@]2(O)[C@@H]3CCCN3C(=O)[C@H](Cc3ccccc3)N2C1=O.COC(=O)C1=CO[C@@H](C)[C@H]2CN3CCc4c([nH]c5ccccc45)[C@@H]3C[C@H]12. The summed E-state index contributed by atoms with van der Waals surface area (Å²) in [6.45, 7) is 8.81. The van der Waals surface area contributed by atoms with Gasteiger partial charge in [-0.15, -0.1) is 0 Å². The third-order valence-electron chi connectivity index (χ3n) is 17.8. The van der Waals surface area contributed by atoms with Gasteiger partial charge >= 0.3 is 5.97 Å². The Morgan fingerprint density at radius 3 is 2.56 bits per heavy atom. The molecule has 5 fully saturated rings. The number of nitrogens with one attached hydrogen (secondary N) is 3. The van der Waals surface area contributed by atoms with Gasteiger partial charge in [0.25, 0.3) is 11.8 Å². The number of likely N-dealkylation sites (tertiary alicyclic amines) is 1. The summed E-state index contributed by atoms with van der Waals surface area (Å²) < 4.78 is 17.3. The zero-order chi connectivity index (χ0) is 49.1. The molecular formula is C56H65N7O8. The van der Waals surface area contributed by atoms with Crippen LogP contribution in [0.25, 0.3) is 21.8 Å². The summed E-state index contributed by atoms with van der Waals surface area (Å²) in [6.07, 6.45) is 8.89. The van der Waals surface area contributed by atoms with Crippen molar-refractivity contribution in [1.29, 1.82) is 0 Å². The van der Waals surface area contributed by atoms with Crippen molar-refractivity contribution < 1.29 is 38.5 Å². The molecule has 15 nitrogen and oxygen atoms in total. The molecule has 0 unspecified atom stereocenters. The van der Waals surface area contributed by atoms with E-state index in [1.807, 2.05) is 44.2 Å². The van der Waals surface area contributed by atoms with Crippen molar-refractivity contribution in [3.8, 4) is 0 Å². The maximum absolute atomic E-state index is 14.6. The van der Waals surface area contributed by atoms with Crippen molar-refractivity contribution in [2.24, 2.45) is 23.7 Å². The molecule has 0 bridgehead atoms. The van der Waals surface area contributed by atoms with Gasteiger partial charge in [-0.25, -0.2) is 4.79 Å². The normalized spacial score (nSPS) is 32.9. The summed E-state index contributed by atoms with van der Waals surface area (Å²) in [5.74, 6) is -3.54. The molecule has 2 aromatic heterocycles. The van der Waals surface area contributed by atoms with Crippen LogP contribution < -0.4 is 5.32 Å². The number of carbonyl (C=O) groups is 4. The van der Waals surface area contributed by atoms with Crippen LogP contribution in [0.2, 0.25) is 0 Å². The Kier molecular flexibility index (Phi) is 11.3. The van der Waals surface area contributed by atoms with Gasteiger partial charge in [-0.2, -0.15) is 0 Å². The highest BCUT2D eigenvalue weighted by atomic mass is 16.7. The molecule has 15 heteroatoms. The number of hydrogen-bond acceptors (Lipinski definition) is 10. The van der Waals surface area contributed by atoms with E-state index in [9.17, 15) is 24.3 Å². The Bertz CT molecular complexity index is 2970. The number of esters is 1. The molecule has 13 rings (SSSR count). The first-order valence-corrected chi connectivity index (χ1v) is 25.8. The average Bonchev–Trinajstić information content (AvgIpc) is 4.18. The zero-order valence-electron chi connectivity index (χ0n) is 41.2. The number of fused-ring (bicyclic) bond motifs is 11. The van der Waals surface area contributed by atoms with Crippen LogP contribution in [0.3, 0.4) is 0 Å². The minimum absolute atomic E-state index is 0.124. The van der Waals surface area contributed by atoms with Gasteiger partial charge in [-0.05, 0) is 86.9 Å². The van der Waals surface area contributed by atoms with Gasteiger partial charge in [0.05, 0.1) is 37.0 Å². The molecule has 5 aromatic rings. The topological polar surface area (TPSA) is 173 Å². The number of nitrogens with zero attached hydrogens (tertiary/aromatic N) is 4. The van der Waals surface area contributed by atoms with E-state index < -0.39 is 41.5 Å². The number of aromatic amines is 2. The zero-order valence-corrected chi connectivity index (χ0v) is 41.2. The van der Waals surface area contributed by atoms with E-state index in [0.717, 1.165) is 43.4 Å². The van der Waals surface area contributed by atoms with Crippen LogP contribution in [-0.2, 0) is 52.7 Å². The second-order valence-electron chi connectivity index (χ2n) is 21.8. The van der Waals surface area contributed by atoms with E-state index in [1.165, 1.54) is 50.7 Å². The molecule has 3 aromatic carbocycles. The number of hydrogen-bond donors (Lipinski definition) is 4. The van der Waals surface area contributed by atoms with E-state index in [4.69, 9.17) is 14.2 Å². The molecule has 8 aliphatic rings. The molecule has 372 valence electrons. The van der Waals surface area contributed by atoms with Crippen molar-refractivity contribution in [3.63, 3.8) is 0 Å². The molecule has 11 atom stereocenters. The molecule has 9 heterocycles. The van der Waals surface area contributed by atoms with Crippen LogP contribution in [0.15, 0.2) is 90.8 Å². The maximum atomic E-state index is 14.6. The maximum Gasteiger partial charge on any atom is 0.337 e. The van der Waals surface area contributed by atoms with Crippen LogP contribution in [0.4, 0.5) is 0 Å². The summed E-state index contributed by atoms with van der Waals surface area (Å²) >= 11 is 0. The van der Waals surface area contributed by atoms with Crippen LogP contribution in [0, 0.1) is 23.7 Å². The van der Waals surface area contributed by atoms with Gasteiger partial charge in [0, 0.05) is 96.0 Å². The number of likely N-dealkylation sites (N-methyl/N-ethyl adjacent to an activating group) is 1. The van der Waals surface area contributed by atoms with Gasteiger partial charge < -0.3 is 39.7 Å². The largest absolute Gasteiger partial charge is 0.497 e. The third-order valence-corrected chi connectivity index (χ3v) is 17.8. The lowest BCUT2D eigenvalue weighted by Gasteiger charge is -2.49. The Labute approximate surface area is 413 Å². The molecule has 4 N–H and O–H groups in total. The Morgan fingerprint density at radius 1 is 0.972 bits per heavy atom. The standard InChI is InChI=1S/C35H41N5O5.C21H24N2O3/c1-20(2)34(37-31(41)23-16-25-24-11-7-12-26-30(24)22(18-36-26)17-27(25)38(3)19-23)33(43)40-28(15-21-9-5-4-6-10-21)32(42)39-14-8-13-29(39)35(40,44)45-34;1-12-16-10-23-8-7-14-13-5-3-4-6-18(13)22-20(14)19(23)9-15(16)17(11-26-12)21(24)25-2/h4-7,9-12,18,20,23,25,27-29,36,44H,8,13-17,19H2,1-3H3,(H,37,41);3-6,11-12,15-16,19,22H,7-10H2,1-2H3/t23-,25-,27-,28+,29+,34-,35+;12-,15-,16+,19-/m10/s1. The Hall–Kier alpha value is -6.00. The summed E-state index contributed by atoms with van der Waals surface area (Å²) in [6, 6.07) is 23.4. The average molecular weight is 964 g/mol. The van der Waals surface area contributed by atoms with Gasteiger partial charge in [0.2, 0.25) is 17.5 Å². The summed E-state index contributed by atoms with van der Waals surface area (Å²) in [7, 11) is 3.52. The number of para-hydroxylation sites is 1. The van der Waals surface area contributed by atoms with Crippen molar-refractivity contribution in [3.05, 3.63) is 119 Å². The smallest absolute Gasteiger partial charge is 0.337 e. The van der Waals surface area contributed by atoms with Crippen molar-refractivity contribution in [2.45, 2.75) is 114 Å². The van der Waals surface area contributed by atoms with E-state index in [2.05, 4.69) is 87.7 Å². The molecule has 71 heavy (non-hydrogen) atoms. The summed E-state index contributed by atoms with van der Waals surface area (Å²) in [4.78, 5) is 69.9. The number of ether oxygens (including phenoxy) is 3. The number of H-pyrrole nitrogens is 2. The molecule has 1 aliphatic carbocycles. The molecular weight excluding hydrogens is 899 g/mol. The highest BCUT2D eigenvalue weighted by Crippen LogP contribution is 2.51. The highest BCUT2D eigenvalue weighted by molar-refractivity contribution is 5.98. The molecule has 0 spiro atoms. The number of rotatable bonds is 6. The second kappa shape index (κ2) is 17.3. The number of aromatic nitrogens is 2. The van der Waals surface area contributed by atoms with Gasteiger partial charge in [0.1, 0.15) is 12.1 Å². The Morgan fingerprint density at radius 2 is 1.76 bits per heavy atom. The van der Waals surface area contributed by atoms with E-state index in [1.54, 1.807) is 11.2 Å². The first-order chi connectivity index (χ1) is 34.3. The number of aliphatic hydroxyl groups is 1. The minimum atomic E-state index is -2.04. The molecule has 5 saturated heterocycles. The van der Waals surface area contributed by atoms with Crippen LogP contribution >= 0.6 is 0 Å². The van der Waals surface area contributed by atoms with Crippen LogP contribution in [0.1, 0.15) is 86.4 Å². The summed E-state index contributed by atoms with van der Waals surface area (Å²) in [5.41, 5.74) is 7.44. The van der Waals surface area contributed by atoms with E-state index in [0.29, 0.717) is 49.9 Å². The first-order valence-electron chi connectivity index (χ1n) is 25.8. The minimum Gasteiger partial charge on any atom is -0.497 e. The number of amides is 3. The molecule has 0 radical (unpaired) electrons. The lowest BCUT2D eigenvalue weighted by molar-refractivity contribution is -0.321. The van der Waals surface area contributed by atoms with Gasteiger partial charge in [0.15, 0.2) is 0 Å². The molecule has 7 aliphatic heterocycles. The molecule has 0 saturated carbocycles. The fourth-order valence-corrected chi connectivity index (χ4v) is 14.2. The number of methoxy groups -OCH3 is 1. The van der Waals surface area contributed by atoms with E-state index >= 15 is 0 Å². The van der Waals surface area contributed by atoms with E-state index in [-0.39, 0.29) is 48.2 Å². The van der Waals surface area contributed by atoms with Crippen molar-refractivity contribution >= 4 is 45.5 Å². The van der Waals surface area contributed by atoms with Crippen LogP contribution in [-0.4, -0.2) is 135 Å². The second-order valence-corrected chi connectivity index (χ2v) is 21.8. The predicted molar refractivity (Wildman–Crippen MR) is 265 cm³/mol. The number of benzene rings is 3. The highest BCUT2D eigenvalue weighted by Gasteiger charge is 2.72. The monoisotopic (exact) mass is 963 g/mol. The van der Waals surface area contributed by atoms with Crippen molar-refractivity contribution in [1.82, 2.24) is 34.9 Å². The van der Waals surface area contributed by atoms with Gasteiger partial charge in [-0.3, -0.25) is 28.9 Å². The van der Waals surface area contributed by atoms with Crippen molar-refractivity contribution in [2.75, 3.05) is 40.3 Å². The third kappa shape index (κ3) is 7.19. The number of piperazine rings is 1. The fraction of sp³-hybridized carbons (Fsp3) is 0.500. The van der Waals surface area contributed by atoms with Crippen LogP contribution in [0.5, 0.6) is 0 Å². The fourth-order valence-electron chi connectivity index (χ4n) is 14.2. The first kappa shape index (κ1) is 46.1. The number of carbonyl (C=O) groups excluding carboxylic acids is 4. The predicted octanol–water partition coefficient (Wildman–Crippen LogP) is 5.90. The lowest BCUT2D eigenvalue weighted by Crippen LogP contribution is -2.71. The molecule has 3 amide bonds. The Balaban J connectivity index is 0.000000168. The summed E-state index contributed by atoms with van der Waals surface area (Å²) in [5, 5.41) is 18.0. The lowest BCUT2D eigenvalue weighted by atomic mass is 9.72.